The smallest absolute Gasteiger partial charge is 0.343 e. The molecule has 1 heterocycles. The number of nitrogens with zero attached hydrogens (tertiary/aromatic N) is 1. The van der Waals surface area contributed by atoms with Crippen LogP contribution in [0, 0.1) is 0 Å². The second kappa shape index (κ2) is 9.87. The Labute approximate surface area is 195 Å². The highest BCUT2D eigenvalue weighted by atomic mass is 79.9. The van der Waals surface area contributed by atoms with Crippen LogP contribution < -0.4 is 4.74 Å². The molecule has 0 bridgehead atoms. The molecule has 1 aliphatic heterocycles. The predicted molar refractivity (Wildman–Crippen MR) is 120 cm³/mol. The third-order valence-corrected chi connectivity index (χ3v) is 6.29. The average molecular weight is 531 g/mol. The number of carbonyl (C=O) groups is 3. The maximum absolute atomic E-state index is 12.7. The molecule has 0 N–H and O–H groups in total. The largest absolute Gasteiger partial charge is 0.481 e. The Hall–Kier alpha value is -2.00. The Bertz CT molecular complexity index is 1060. The Morgan fingerprint density at radius 3 is 2.60 bits per heavy atom. The highest BCUT2D eigenvalue weighted by Crippen LogP contribution is 2.35. The van der Waals surface area contributed by atoms with Gasteiger partial charge >= 0.3 is 5.97 Å². The lowest BCUT2D eigenvalue weighted by atomic mass is 10.2. The Morgan fingerprint density at radius 2 is 1.93 bits per heavy atom. The Morgan fingerprint density at radius 1 is 1.17 bits per heavy atom. The predicted octanol–water partition coefficient (Wildman–Crippen LogP) is 5.54. The summed E-state index contributed by atoms with van der Waals surface area (Å²) in [5.41, 5.74) is 1.38. The van der Waals surface area contributed by atoms with Crippen molar-refractivity contribution in [1.29, 1.82) is 0 Å². The van der Waals surface area contributed by atoms with Crippen LogP contribution in [0.15, 0.2) is 45.8 Å². The van der Waals surface area contributed by atoms with E-state index in [0.29, 0.717) is 36.3 Å². The lowest BCUT2D eigenvalue weighted by molar-refractivity contribution is -0.142. The number of ether oxygens (including phenoxy) is 2. The van der Waals surface area contributed by atoms with Gasteiger partial charge in [0.1, 0.15) is 5.75 Å². The molecule has 0 saturated carbocycles. The fourth-order valence-electron chi connectivity index (χ4n) is 2.53. The summed E-state index contributed by atoms with van der Waals surface area (Å²) in [4.78, 5) is 37.7. The van der Waals surface area contributed by atoms with Gasteiger partial charge in [0.05, 0.1) is 33.1 Å². The quantitative estimate of drug-likeness (QED) is 0.360. The van der Waals surface area contributed by atoms with Crippen LogP contribution in [0.4, 0.5) is 4.79 Å². The fourth-order valence-corrected chi connectivity index (χ4v) is 4.20. The van der Waals surface area contributed by atoms with Gasteiger partial charge < -0.3 is 9.47 Å². The summed E-state index contributed by atoms with van der Waals surface area (Å²) in [5, 5.41) is 0.393. The molecule has 2 aromatic rings. The van der Waals surface area contributed by atoms with E-state index in [1.165, 1.54) is 7.11 Å². The zero-order valence-electron chi connectivity index (χ0n) is 15.5. The van der Waals surface area contributed by atoms with Gasteiger partial charge in [-0.1, -0.05) is 35.3 Å². The van der Waals surface area contributed by atoms with E-state index in [2.05, 4.69) is 20.7 Å². The standard InChI is InChI=1S/C20H14BrCl2NO5S/c1-28-18(25)10-29-16-5-3-11(6-13(16)21)8-17-19(26)24(20(27)30-17)9-12-2-4-14(22)15(23)7-12/h2-8H,9-10H2,1H3/b17-8-. The fraction of sp³-hybridized carbons (Fsp3) is 0.150. The molecule has 0 unspecified atom stereocenters. The van der Waals surface area contributed by atoms with Crippen LogP contribution in [-0.2, 0) is 20.9 Å². The SMILES string of the molecule is COC(=O)COc1ccc(/C=C2\SC(=O)N(Cc3ccc(Cl)c(Cl)c3)C2=O)cc1Br. The van der Waals surface area contributed by atoms with Gasteiger partial charge in [0.2, 0.25) is 0 Å². The summed E-state index contributed by atoms with van der Waals surface area (Å²) in [6.45, 7) is -0.120. The van der Waals surface area contributed by atoms with Gasteiger partial charge in [0, 0.05) is 0 Å². The molecular weight excluding hydrogens is 517 g/mol. The number of thioether (sulfide) groups is 1. The maximum Gasteiger partial charge on any atom is 0.343 e. The van der Waals surface area contributed by atoms with Crippen LogP contribution in [-0.4, -0.2) is 35.7 Å². The first-order valence-electron chi connectivity index (χ1n) is 8.47. The van der Waals surface area contributed by atoms with E-state index in [1.54, 1.807) is 42.5 Å². The van der Waals surface area contributed by atoms with E-state index in [4.69, 9.17) is 27.9 Å². The van der Waals surface area contributed by atoms with Crippen molar-refractivity contribution < 1.29 is 23.9 Å². The minimum absolute atomic E-state index is 0.100. The van der Waals surface area contributed by atoms with Crippen molar-refractivity contribution >= 4 is 74.1 Å². The van der Waals surface area contributed by atoms with Gasteiger partial charge in [-0.2, -0.15) is 0 Å². The molecule has 10 heteroatoms. The summed E-state index contributed by atoms with van der Waals surface area (Å²) in [6, 6.07) is 10.0. The van der Waals surface area contributed by atoms with Crippen molar-refractivity contribution in [3.63, 3.8) is 0 Å². The normalized spacial score (nSPS) is 15.1. The van der Waals surface area contributed by atoms with Crippen LogP contribution in [0.25, 0.3) is 6.08 Å². The van der Waals surface area contributed by atoms with Crippen molar-refractivity contribution in [3.05, 3.63) is 66.9 Å². The zero-order valence-corrected chi connectivity index (χ0v) is 19.4. The third-order valence-electron chi connectivity index (χ3n) is 4.03. The minimum Gasteiger partial charge on any atom is -0.481 e. The number of hydrogen-bond donors (Lipinski definition) is 0. The molecule has 0 aliphatic carbocycles. The van der Waals surface area contributed by atoms with Gasteiger partial charge in [-0.15, -0.1) is 0 Å². The molecule has 1 aliphatic rings. The lowest BCUT2D eigenvalue weighted by Crippen LogP contribution is -2.27. The molecular formula is C20H14BrCl2NO5S. The molecule has 0 atom stereocenters. The molecule has 3 rings (SSSR count). The van der Waals surface area contributed by atoms with Gasteiger partial charge in [-0.05, 0) is 69.2 Å². The number of esters is 1. The van der Waals surface area contributed by atoms with E-state index in [-0.39, 0.29) is 18.4 Å². The van der Waals surface area contributed by atoms with Gasteiger partial charge in [0.15, 0.2) is 6.61 Å². The van der Waals surface area contributed by atoms with Gasteiger partial charge in [-0.25, -0.2) is 4.79 Å². The van der Waals surface area contributed by atoms with E-state index in [0.717, 1.165) is 16.7 Å². The van der Waals surface area contributed by atoms with Crippen molar-refractivity contribution in [1.82, 2.24) is 4.90 Å². The van der Waals surface area contributed by atoms with Crippen molar-refractivity contribution in [2.24, 2.45) is 0 Å². The number of methoxy groups -OCH3 is 1. The van der Waals surface area contributed by atoms with Crippen LogP contribution >= 0.6 is 50.9 Å². The molecule has 1 saturated heterocycles. The van der Waals surface area contributed by atoms with Gasteiger partial charge in [-0.3, -0.25) is 14.5 Å². The summed E-state index contributed by atoms with van der Waals surface area (Å²) < 4.78 is 10.5. The molecule has 0 spiro atoms. The van der Waals surface area contributed by atoms with Gasteiger partial charge in [0.25, 0.3) is 11.1 Å². The molecule has 30 heavy (non-hydrogen) atoms. The monoisotopic (exact) mass is 529 g/mol. The number of carbonyl (C=O) groups excluding carboxylic acids is 3. The second-order valence-electron chi connectivity index (χ2n) is 6.07. The summed E-state index contributed by atoms with van der Waals surface area (Å²) in [7, 11) is 1.28. The molecule has 156 valence electrons. The van der Waals surface area contributed by atoms with Crippen molar-refractivity contribution in [3.8, 4) is 5.75 Å². The van der Waals surface area contributed by atoms with E-state index in [9.17, 15) is 14.4 Å². The first-order valence-corrected chi connectivity index (χ1v) is 10.8. The molecule has 6 nitrogen and oxygen atoms in total. The van der Waals surface area contributed by atoms with Crippen molar-refractivity contribution in [2.75, 3.05) is 13.7 Å². The van der Waals surface area contributed by atoms with Crippen LogP contribution in [0.2, 0.25) is 10.0 Å². The minimum atomic E-state index is -0.498. The summed E-state index contributed by atoms with van der Waals surface area (Å²) >= 11 is 16.1. The van der Waals surface area contributed by atoms with E-state index in [1.807, 2.05) is 0 Å². The summed E-state index contributed by atoms with van der Waals surface area (Å²) in [5.74, 6) is -0.440. The lowest BCUT2D eigenvalue weighted by Gasteiger charge is -2.13. The Balaban J connectivity index is 1.74. The number of hydrogen-bond acceptors (Lipinski definition) is 6. The zero-order chi connectivity index (χ0) is 21.8. The summed E-state index contributed by atoms with van der Waals surface area (Å²) in [6.07, 6.45) is 1.62. The second-order valence-corrected chi connectivity index (χ2v) is 8.73. The van der Waals surface area contributed by atoms with Crippen LogP contribution in [0.1, 0.15) is 11.1 Å². The maximum atomic E-state index is 12.7. The van der Waals surface area contributed by atoms with E-state index >= 15 is 0 Å². The number of benzene rings is 2. The first-order chi connectivity index (χ1) is 14.3. The number of amides is 2. The van der Waals surface area contributed by atoms with Crippen LogP contribution in [0.5, 0.6) is 5.75 Å². The Kier molecular flexibility index (Phi) is 7.46. The first kappa shape index (κ1) is 22.7. The highest BCUT2D eigenvalue weighted by molar-refractivity contribution is 9.10. The van der Waals surface area contributed by atoms with Crippen LogP contribution in [0.3, 0.4) is 0 Å². The molecule has 1 fully saturated rings. The molecule has 2 amide bonds. The highest BCUT2D eigenvalue weighted by Gasteiger charge is 2.35. The molecule has 2 aromatic carbocycles. The third kappa shape index (κ3) is 5.37. The number of imide groups is 1. The van der Waals surface area contributed by atoms with Crippen molar-refractivity contribution in [2.45, 2.75) is 6.54 Å². The molecule has 0 radical (unpaired) electrons. The van der Waals surface area contributed by atoms with E-state index < -0.39 is 11.9 Å². The average Bonchev–Trinajstić information content (AvgIpc) is 2.97. The topological polar surface area (TPSA) is 72.9 Å². The number of rotatable bonds is 6. The molecule has 0 aromatic heterocycles. The number of halogens is 3.